The van der Waals surface area contributed by atoms with Crippen LogP contribution >= 0.6 is 0 Å². The van der Waals surface area contributed by atoms with Gasteiger partial charge in [-0.2, -0.15) is 0 Å². The van der Waals surface area contributed by atoms with Gasteiger partial charge in [0, 0.05) is 6.54 Å². The lowest BCUT2D eigenvalue weighted by Gasteiger charge is -2.27. The number of nitrogens with zero attached hydrogens (tertiary/aromatic N) is 2. The maximum absolute atomic E-state index is 10.8. The van der Waals surface area contributed by atoms with Crippen LogP contribution in [0.5, 0.6) is 0 Å². The van der Waals surface area contributed by atoms with Crippen LogP contribution in [0.15, 0.2) is 12.4 Å². The molecule has 1 aromatic rings. The molecule has 1 heterocycles. The molecule has 0 radical (unpaired) electrons. The first-order valence-corrected chi connectivity index (χ1v) is 6.61. The van der Waals surface area contributed by atoms with E-state index < -0.39 is 11.6 Å². The van der Waals surface area contributed by atoms with Crippen LogP contribution in [0.25, 0.3) is 0 Å². The zero-order valence-electron chi connectivity index (χ0n) is 10.8. The molecule has 1 aliphatic rings. The highest BCUT2D eigenvalue weighted by Gasteiger charge is 2.27. The fraction of sp³-hybridized carbons (Fsp3) is 0.615. The van der Waals surface area contributed by atoms with Crippen molar-refractivity contribution in [1.29, 1.82) is 0 Å². The lowest BCUT2D eigenvalue weighted by atomic mass is 9.94. The number of aromatic carboxylic acids is 1. The lowest BCUT2D eigenvalue weighted by Crippen LogP contribution is -2.36. The summed E-state index contributed by atoms with van der Waals surface area (Å²) in [7, 11) is 0. The minimum atomic E-state index is -1.11. The average molecular weight is 265 g/mol. The summed E-state index contributed by atoms with van der Waals surface area (Å²) in [4.78, 5) is 18.5. The van der Waals surface area contributed by atoms with Gasteiger partial charge in [-0.1, -0.05) is 25.7 Å². The highest BCUT2D eigenvalue weighted by atomic mass is 16.4. The SMILES string of the molecule is O=C(O)c1cncc(NCC2(O)CCCCCC2)n1. The van der Waals surface area contributed by atoms with E-state index in [4.69, 9.17) is 5.11 Å². The van der Waals surface area contributed by atoms with Crippen molar-refractivity contribution in [2.45, 2.75) is 44.1 Å². The molecule has 1 aromatic heterocycles. The third-order valence-corrected chi connectivity index (χ3v) is 3.49. The second-order valence-electron chi connectivity index (χ2n) is 5.09. The molecule has 104 valence electrons. The van der Waals surface area contributed by atoms with Crippen molar-refractivity contribution in [1.82, 2.24) is 9.97 Å². The molecule has 0 amide bonds. The van der Waals surface area contributed by atoms with Gasteiger partial charge < -0.3 is 15.5 Å². The van der Waals surface area contributed by atoms with Gasteiger partial charge in [-0.25, -0.2) is 9.78 Å². The summed E-state index contributed by atoms with van der Waals surface area (Å²) < 4.78 is 0. The molecule has 1 saturated carbocycles. The van der Waals surface area contributed by atoms with Gasteiger partial charge in [0.2, 0.25) is 0 Å². The molecule has 19 heavy (non-hydrogen) atoms. The number of rotatable bonds is 4. The molecule has 1 aliphatic carbocycles. The number of carboxylic acid groups (broad SMARTS) is 1. The third kappa shape index (κ3) is 3.89. The van der Waals surface area contributed by atoms with E-state index in [9.17, 15) is 9.90 Å². The summed E-state index contributed by atoms with van der Waals surface area (Å²) in [5.74, 6) is -0.720. The van der Waals surface area contributed by atoms with Gasteiger partial charge in [-0.05, 0) is 12.8 Å². The molecule has 0 aliphatic heterocycles. The first-order chi connectivity index (χ1) is 9.09. The number of aromatic nitrogens is 2. The Balaban J connectivity index is 1.97. The highest BCUT2D eigenvalue weighted by Crippen LogP contribution is 2.27. The molecule has 2 rings (SSSR count). The van der Waals surface area contributed by atoms with E-state index in [0.29, 0.717) is 12.4 Å². The summed E-state index contributed by atoms with van der Waals surface area (Å²) in [6, 6.07) is 0. The summed E-state index contributed by atoms with van der Waals surface area (Å²) >= 11 is 0. The Labute approximate surface area is 111 Å². The van der Waals surface area contributed by atoms with Gasteiger partial charge in [0.15, 0.2) is 5.69 Å². The fourth-order valence-electron chi connectivity index (χ4n) is 2.37. The van der Waals surface area contributed by atoms with Crippen molar-refractivity contribution in [3.63, 3.8) is 0 Å². The summed E-state index contributed by atoms with van der Waals surface area (Å²) in [6.45, 7) is 0.380. The summed E-state index contributed by atoms with van der Waals surface area (Å²) in [6.07, 6.45) is 8.59. The molecule has 1 fully saturated rings. The molecular formula is C13H19N3O3. The number of carboxylic acids is 1. The maximum atomic E-state index is 10.8. The molecule has 6 nitrogen and oxygen atoms in total. The van der Waals surface area contributed by atoms with E-state index in [1.54, 1.807) is 0 Å². The number of carbonyl (C=O) groups is 1. The predicted octanol–water partition coefficient (Wildman–Crippen LogP) is 1.67. The Bertz CT molecular complexity index is 443. The lowest BCUT2D eigenvalue weighted by molar-refractivity contribution is 0.0380. The normalized spacial score (nSPS) is 18.6. The smallest absolute Gasteiger partial charge is 0.356 e. The minimum Gasteiger partial charge on any atom is -0.476 e. The zero-order valence-corrected chi connectivity index (χ0v) is 10.8. The van der Waals surface area contributed by atoms with E-state index >= 15 is 0 Å². The maximum Gasteiger partial charge on any atom is 0.356 e. The van der Waals surface area contributed by atoms with Gasteiger partial charge in [-0.15, -0.1) is 0 Å². The topological polar surface area (TPSA) is 95.3 Å². The van der Waals surface area contributed by atoms with E-state index in [1.807, 2.05) is 0 Å². The molecule has 3 N–H and O–H groups in total. The van der Waals surface area contributed by atoms with E-state index in [-0.39, 0.29) is 5.69 Å². The minimum absolute atomic E-state index is 0.0992. The van der Waals surface area contributed by atoms with Gasteiger partial charge in [-0.3, -0.25) is 4.98 Å². The molecule has 0 bridgehead atoms. The van der Waals surface area contributed by atoms with Crippen LogP contribution in [0.2, 0.25) is 0 Å². The van der Waals surface area contributed by atoms with Crippen molar-refractivity contribution < 1.29 is 15.0 Å². The fourth-order valence-corrected chi connectivity index (χ4v) is 2.37. The molecule has 0 aromatic carbocycles. The number of aliphatic hydroxyl groups is 1. The van der Waals surface area contributed by atoms with Crippen LogP contribution in [0, 0.1) is 0 Å². The predicted molar refractivity (Wildman–Crippen MR) is 70.1 cm³/mol. The Morgan fingerprint density at radius 2 is 1.95 bits per heavy atom. The Morgan fingerprint density at radius 3 is 2.58 bits per heavy atom. The number of anilines is 1. The Hall–Kier alpha value is -1.69. The summed E-state index contributed by atoms with van der Waals surface area (Å²) in [5, 5.41) is 22.3. The number of hydrogen-bond acceptors (Lipinski definition) is 5. The van der Waals surface area contributed by atoms with E-state index in [1.165, 1.54) is 12.4 Å². The van der Waals surface area contributed by atoms with E-state index in [0.717, 1.165) is 38.5 Å². The van der Waals surface area contributed by atoms with Crippen LogP contribution in [0.1, 0.15) is 49.0 Å². The van der Waals surface area contributed by atoms with Gasteiger partial charge in [0.25, 0.3) is 0 Å². The zero-order chi connectivity index (χ0) is 13.7. The number of hydrogen-bond donors (Lipinski definition) is 3. The van der Waals surface area contributed by atoms with Crippen LogP contribution < -0.4 is 5.32 Å². The largest absolute Gasteiger partial charge is 0.476 e. The van der Waals surface area contributed by atoms with Crippen molar-refractivity contribution in [2.75, 3.05) is 11.9 Å². The average Bonchev–Trinajstić information content (AvgIpc) is 2.62. The van der Waals surface area contributed by atoms with Crippen molar-refractivity contribution in [3.05, 3.63) is 18.1 Å². The standard InChI is InChI=1S/C13H19N3O3/c17-12(18)10-7-14-8-11(16-10)15-9-13(19)5-3-1-2-4-6-13/h7-8,19H,1-6,9H2,(H,15,16)(H,17,18). The van der Waals surface area contributed by atoms with Crippen LogP contribution in [0.3, 0.4) is 0 Å². The second kappa shape index (κ2) is 5.97. The molecule has 0 unspecified atom stereocenters. The molecule has 0 saturated heterocycles. The van der Waals surface area contributed by atoms with Crippen LogP contribution in [-0.4, -0.2) is 38.3 Å². The monoisotopic (exact) mass is 265 g/mol. The second-order valence-corrected chi connectivity index (χ2v) is 5.09. The summed E-state index contributed by atoms with van der Waals surface area (Å²) in [5.41, 5.74) is -0.824. The van der Waals surface area contributed by atoms with E-state index in [2.05, 4.69) is 15.3 Å². The van der Waals surface area contributed by atoms with Crippen molar-refractivity contribution in [3.8, 4) is 0 Å². The molecule has 0 atom stereocenters. The molecule has 6 heteroatoms. The highest BCUT2D eigenvalue weighted by molar-refractivity contribution is 5.85. The first-order valence-electron chi connectivity index (χ1n) is 6.61. The molecule has 0 spiro atoms. The van der Waals surface area contributed by atoms with Gasteiger partial charge in [0.1, 0.15) is 5.82 Å². The van der Waals surface area contributed by atoms with Crippen molar-refractivity contribution >= 4 is 11.8 Å². The van der Waals surface area contributed by atoms with Gasteiger partial charge in [0.05, 0.1) is 18.0 Å². The van der Waals surface area contributed by atoms with Gasteiger partial charge >= 0.3 is 5.97 Å². The first kappa shape index (κ1) is 13.7. The Morgan fingerprint density at radius 1 is 1.26 bits per heavy atom. The molecular weight excluding hydrogens is 246 g/mol. The third-order valence-electron chi connectivity index (χ3n) is 3.49. The quantitative estimate of drug-likeness (QED) is 0.717. The van der Waals surface area contributed by atoms with Crippen LogP contribution in [0.4, 0.5) is 5.82 Å². The Kier molecular flexibility index (Phi) is 4.31. The number of nitrogens with one attached hydrogen (secondary N) is 1. The van der Waals surface area contributed by atoms with Crippen LogP contribution in [-0.2, 0) is 0 Å². The van der Waals surface area contributed by atoms with Crippen molar-refractivity contribution in [2.24, 2.45) is 0 Å².